The van der Waals surface area contributed by atoms with E-state index < -0.39 is 41.6 Å². The lowest BCUT2D eigenvalue weighted by Crippen LogP contribution is -2.60. The third kappa shape index (κ3) is 6.80. The van der Waals surface area contributed by atoms with Gasteiger partial charge in [-0.2, -0.15) is 0 Å². The second-order valence-electron chi connectivity index (χ2n) is 8.02. The maximum Gasteiger partial charge on any atom is 0.412 e. The summed E-state index contributed by atoms with van der Waals surface area (Å²) in [5, 5.41) is 2.66. The lowest BCUT2D eigenvalue weighted by molar-refractivity contribution is -0.149. The summed E-state index contributed by atoms with van der Waals surface area (Å²) in [6, 6.07) is -0.812. The minimum Gasteiger partial charge on any atom is -0.467 e. The normalized spacial score (nSPS) is 21.3. The molecule has 0 spiro atoms. The molecule has 1 heterocycles. The van der Waals surface area contributed by atoms with Crippen LogP contribution < -0.4 is 5.32 Å². The molecule has 0 saturated carbocycles. The summed E-state index contributed by atoms with van der Waals surface area (Å²) in [4.78, 5) is 38.1. The molecule has 25 heavy (non-hydrogen) atoms. The van der Waals surface area contributed by atoms with E-state index in [9.17, 15) is 14.4 Å². The van der Waals surface area contributed by atoms with E-state index in [0.717, 1.165) is 0 Å². The van der Waals surface area contributed by atoms with Crippen molar-refractivity contribution in [3.05, 3.63) is 0 Å². The Bertz CT molecular complexity index is 506. The molecular formula is C17H30N2O6. The first-order valence-electron chi connectivity index (χ1n) is 8.43. The first-order valence-corrected chi connectivity index (χ1v) is 8.43. The van der Waals surface area contributed by atoms with Gasteiger partial charge in [-0.05, 0) is 60.8 Å². The fourth-order valence-electron chi connectivity index (χ4n) is 2.52. The van der Waals surface area contributed by atoms with Crippen LogP contribution in [0.3, 0.4) is 0 Å². The minimum absolute atomic E-state index is 0.443. The lowest BCUT2D eigenvalue weighted by atomic mass is 10.00. The fraction of sp³-hybridized carbons (Fsp3) is 0.824. The van der Waals surface area contributed by atoms with Gasteiger partial charge in [-0.1, -0.05) is 0 Å². The number of amides is 2. The predicted molar refractivity (Wildman–Crippen MR) is 90.9 cm³/mol. The summed E-state index contributed by atoms with van der Waals surface area (Å²) in [5.41, 5.74) is -1.40. The molecule has 0 radical (unpaired) electrons. The van der Waals surface area contributed by atoms with Gasteiger partial charge in [0.1, 0.15) is 23.4 Å². The van der Waals surface area contributed by atoms with Crippen LogP contribution in [0.25, 0.3) is 0 Å². The SMILES string of the molecule is COC(=O)[C@@H]1CCC[C@@H](NC(=O)OC(C)(C)C)N1C(=O)OC(C)(C)C. The van der Waals surface area contributed by atoms with Gasteiger partial charge in [0.15, 0.2) is 0 Å². The molecule has 2 amide bonds. The molecule has 0 bridgehead atoms. The summed E-state index contributed by atoms with van der Waals surface area (Å²) in [6.07, 6.45) is -0.452. The lowest BCUT2D eigenvalue weighted by Gasteiger charge is -2.41. The molecule has 1 saturated heterocycles. The van der Waals surface area contributed by atoms with E-state index in [0.29, 0.717) is 19.3 Å². The molecule has 0 aromatic heterocycles. The van der Waals surface area contributed by atoms with Crippen molar-refractivity contribution < 1.29 is 28.6 Å². The van der Waals surface area contributed by atoms with Crippen molar-refractivity contribution in [2.45, 2.75) is 84.2 Å². The second kappa shape index (κ2) is 7.93. The predicted octanol–water partition coefficient (Wildman–Crippen LogP) is 2.80. The average molecular weight is 358 g/mol. The average Bonchev–Trinajstić information content (AvgIpc) is 2.42. The van der Waals surface area contributed by atoms with E-state index in [2.05, 4.69) is 5.32 Å². The van der Waals surface area contributed by atoms with Crippen molar-refractivity contribution in [1.29, 1.82) is 0 Å². The molecule has 1 N–H and O–H groups in total. The highest BCUT2D eigenvalue weighted by molar-refractivity contribution is 5.82. The molecule has 1 aliphatic heterocycles. The van der Waals surface area contributed by atoms with Crippen LogP contribution in [-0.4, -0.2) is 53.6 Å². The molecule has 1 aliphatic rings. The highest BCUT2D eigenvalue weighted by atomic mass is 16.6. The Kier molecular flexibility index (Phi) is 6.68. The number of methoxy groups -OCH3 is 1. The van der Waals surface area contributed by atoms with Gasteiger partial charge in [0.25, 0.3) is 0 Å². The Morgan fingerprint density at radius 3 is 2.00 bits per heavy atom. The maximum atomic E-state index is 12.6. The number of hydrogen-bond donors (Lipinski definition) is 1. The number of nitrogens with zero attached hydrogens (tertiary/aromatic N) is 1. The molecule has 1 rings (SSSR count). The monoisotopic (exact) mass is 358 g/mol. The zero-order valence-electron chi connectivity index (χ0n) is 16.2. The molecule has 2 atom stereocenters. The van der Waals surface area contributed by atoms with E-state index in [4.69, 9.17) is 14.2 Å². The number of nitrogens with one attached hydrogen (secondary N) is 1. The molecule has 8 nitrogen and oxygen atoms in total. The largest absolute Gasteiger partial charge is 0.467 e. The summed E-state index contributed by atoms with van der Waals surface area (Å²) in [6.45, 7) is 10.4. The third-order valence-electron chi connectivity index (χ3n) is 3.39. The van der Waals surface area contributed by atoms with Gasteiger partial charge in [0.05, 0.1) is 7.11 Å². The standard InChI is InChI=1S/C17H30N2O6/c1-16(2,3)24-14(21)18-12-10-8-9-11(13(20)23-7)19(12)15(22)25-17(4,5)6/h11-12H,8-10H2,1-7H3,(H,18,21)/t11-,12-/m0/s1. The summed E-state index contributed by atoms with van der Waals surface area (Å²) in [5.74, 6) is -0.540. The van der Waals surface area contributed by atoms with Crippen molar-refractivity contribution >= 4 is 18.2 Å². The van der Waals surface area contributed by atoms with Crippen molar-refractivity contribution in [2.75, 3.05) is 7.11 Å². The van der Waals surface area contributed by atoms with Gasteiger partial charge >= 0.3 is 18.2 Å². The number of ether oxygens (including phenoxy) is 3. The van der Waals surface area contributed by atoms with Crippen molar-refractivity contribution in [3.8, 4) is 0 Å². The molecule has 0 aromatic carbocycles. The minimum atomic E-state index is -0.812. The molecule has 8 heteroatoms. The topological polar surface area (TPSA) is 94.2 Å². The number of alkyl carbamates (subject to hydrolysis) is 1. The van der Waals surface area contributed by atoms with Gasteiger partial charge in [0.2, 0.25) is 0 Å². The zero-order chi connectivity index (χ0) is 19.4. The number of hydrogen-bond acceptors (Lipinski definition) is 6. The highest BCUT2D eigenvalue weighted by Gasteiger charge is 2.42. The Hall–Kier alpha value is -1.99. The maximum absolute atomic E-state index is 12.6. The Balaban J connectivity index is 3.00. The van der Waals surface area contributed by atoms with Crippen molar-refractivity contribution in [3.63, 3.8) is 0 Å². The second-order valence-corrected chi connectivity index (χ2v) is 8.02. The quantitative estimate of drug-likeness (QED) is 0.602. The number of esters is 1. The molecule has 0 unspecified atom stereocenters. The van der Waals surface area contributed by atoms with Gasteiger partial charge in [-0.3, -0.25) is 4.90 Å². The molecule has 1 fully saturated rings. The van der Waals surface area contributed by atoms with E-state index >= 15 is 0 Å². The van der Waals surface area contributed by atoms with Crippen LogP contribution in [-0.2, 0) is 19.0 Å². The molecule has 0 aromatic rings. The zero-order valence-corrected chi connectivity index (χ0v) is 16.2. The Labute approximate surface area is 149 Å². The van der Waals surface area contributed by atoms with Crippen molar-refractivity contribution in [2.24, 2.45) is 0 Å². The first kappa shape index (κ1) is 21.1. The van der Waals surface area contributed by atoms with Crippen LogP contribution in [0.1, 0.15) is 60.8 Å². The van der Waals surface area contributed by atoms with E-state index in [-0.39, 0.29) is 0 Å². The van der Waals surface area contributed by atoms with E-state index in [1.165, 1.54) is 12.0 Å². The highest BCUT2D eigenvalue weighted by Crippen LogP contribution is 2.25. The number of carbonyl (C=O) groups excluding carboxylic acids is 3. The summed E-state index contributed by atoms with van der Waals surface area (Å²) in [7, 11) is 1.26. The van der Waals surface area contributed by atoms with Crippen LogP contribution in [0.5, 0.6) is 0 Å². The van der Waals surface area contributed by atoms with Crippen LogP contribution in [0, 0.1) is 0 Å². The van der Waals surface area contributed by atoms with Crippen molar-refractivity contribution in [1.82, 2.24) is 10.2 Å². The van der Waals surface area contributed by atoms with E-state index in [1.54, 1.807) is 41.5 Å². The number of rotatable bonds is 2. The summed E-state index contributed by atoms with van der Waals surface area (Å²) >= 11 is 0. The van der Waals surface area contributed by atoms with Crippen LogP contribution in [0.4, 0.5) is 9.59 Å². The van der Waals surface area contributed by atoms with Gasteiger partial charge in [-0.25, -0.2) is 14.4 Å². The number of piperidine rings is 1. The van der Waals surface area contributed by atoms with Gasteiger partial charge in [-0.15, -0.1) is 0 Å². The van der Waals surface area contributed by atoms with Crippen LogP contribution >= 0.6 is 0 Å². The molecule has 0 aliphatic carbocycles. The Morgan fingerprint density at radius 2 is 1.52 bits per heavy atom. The van der Waals surface area contributed by atoms with Gasteiger partial charge < -0.3 is 19.5 Å². The smallest absolute Gasteiger partial charge is 0.412 e. The third-order valence-corrected chi connectivity index (χ3v) is 3.39. The fourth-order valence-corrected chi connectivity index (χ4v) is 2.52. The summed E-state index contributed by atoms with van der Waals surface area (Å²) < 4.78 is 15.5. The van der Waals surface area contributed by atoms with Gasteiger partial charge in [0, 0.05) is 0 Å². The number of likely N-dealkylation sites (tertiary alicyclic amines) is 1. The molecule has 144 valence electrons. The number of carbonyl (C=O) groups is 3. The van der Waals surface area contributed by atoms with E-state index in [1.807, 2.05) is 0 Å². The Morgan fingerprint density at radius 1 is 0.960 bits per heavy atom. The first-order chi connectivity index (χ1) is 11.3. The van der Waals surface area contributed by atoms with Crippen LogP contribution in [0.15, 0.2) is 0 Å². The molecular weight excluding hydrogens is 328 g/mol. The van der Waals surface area contributed by atoms with Crippen LogP contribution in [0.2, 0.25) is 0 Å².